The molecule has 1 aromatic carbocycles. The number of hydrogen-bond donors (Lipinski definition) is 0. The molecule has 3 nitrogen and oxygen atoms in total. The van der Waals surface area contributed by atoms with E-state index >= 15 is 0 Å². The van der Waals surface area contributed by atoms with E-state index in [4.69, 9.17) is 14.2 Å². The molecule has 0 aliphatic heterocycles. The van der Waals surface area contributed by atoms with Crippen LogP contribution in [0.3, 0.4) is 0 Å². The lowest BCUT2D eigenvalue weighted by Crippen LogP contribution is -2.00. The minimum absolute atomic E-state index is 0.245. The first kappa shape index (κ1) is 11.5. The Morgan fingerprint density at radius 3 is 2.64 bits per heavy atom. The monoisotopic (exact) mass is 260 g/mol. The summed E-state index contributed by atoms with van der Waals surface area (Å²) in [7, 11) is 3.25. The summed E-state index contributed by atoms with van der Waals surface area (Å²) in [6.45, 7) is 0.825. The molecule has 78 valence electrons. The highest BCUT2D eigenvalue weighted by Crippen LogP contribution is 2.26. The van der Waals surface area contributed by atoms with Gasteiger partial charge in [0.05, 0.1) is 11.1 Å². The van der Waals surface area contributed by atoms with Crippen LogP contribution in [0.5, 0.6) is 5.75 Å². The van der Waals surface area contributed by atoms with E-state index in [0.29, 0.717) is 6.61 Å². The van der Waals surface area contributed by atoms with Crippen LogP contribution in [0.1, 0.15) is 5.56 Å². The van der Waals surface area contributed by atoms with Crippen molar-refractivity contribution in [3.8, 4) is 5.75 Å². The summed E-state index contributed by atoms with van der Waals surface area (Å²) < 4.78 is 16.1. The van der Waals surface area contributed by atoms with Gasteiger partial charge < -0.3 is 14.2 Å². The zero-order valence-corrected chi connectivity index (χ0v) is 9.83. The lowest BCUT2D eigenvalue weighted by molar-refractivity contribution is 0.0504. The van der Waals surface area contributed by atoms with Crippen molar-refractivity contribution in [3.63, 3.8) is 0 Å². The van der Waals surface area contributed by atoms with Crippen LogP contribution < -0.4 is 4.74 Å². The summed E-state index contributed by atoms with van der Waals surface area (Å²) in [5.41, 5.74) is 1.07. The third kappa shape index (κ3) is 3.29. The van der Waals surface area contributed by atoms with Crippen LogP contribution in [0.15, 0.2) is 22.7 Å². The van der Waals surface area contributed by atoms with Gasteiger partial charge in [-0.3, -0.25) is 0 Å². The Labute approximate surface area is 92.1 Å². The summed E-state index contributed by atoms with van der Waals surface area (Å²) in [5.74, 6) is 0.765. The standard InChI is InChI=1S/C10H13BrO3/c1-12-6-8-3-4-9(11)10(5-8)14-7-13-2/h3-5H,6-7H2,1-2H3. The molecule has 0 saturated carbocycles. The third-order valence-corrected chi connectivity index (χ3v) is 2.29. The van der Waals surface area contributed by atoms with Crippen LogP contribution >= 0.6 is 15.9 Å². The van der Waals surface area contributed by atoms with Gasteiger partial charge in [0.15, 0.2) is 6.79 Å². The molecule has 0 saturated heterocycles. The first-order chi connectivity index (χ1) is 6.77. The van der Waals surface area contributed by atoms with Crippen molar-refractivity contribution >= 4 is 15.9 Å². The minimum atomic E-state index is 0.245. The van der Waals surface area contributed by atoms with Crippen LogP contribution in [-0.4, -0.2) is 21.0 Å². The molecular formula is C10H13BrO3. The molecule has 4 heteroatoms. The average molecular weight is 261 g/mol. The van der Waals surface area contributed by atoms with Crippen molar-refractivity contribution in [2.45, 2.75) is 6.61 Å². The molecule has 0 N–H and O–H groups in total. The van der Waals surface area contributed by atoms with Crippen LogP contribution in [0.2, 0.25) is 0 Å². The second kappa shape index (κ2) is 6.01. The molecule has 0 aliphatic rings. The fraction of sp³-hybridized carbons (Fsp3) is 0.400. The molecule has 0 heterocycles. The van der Waals surface area contributed by atoms with E-state index in [-0.39, 0.29) is 6.79 Å². The number of benzene rings is 1. The van der Waals surface area contributed by atoms with Crippen LogP contribution in [-0.2, 0) is 16.1 Å². The summed E-state index contributed by atoms with van der Waals surface area (Å²) in [6, 6.07) is 5.83. The smallest absolute Gasteiger partial charge is 0.188 e. The van der Waals surface area contributed by atoms with Crippen LogP contribution in [0, 0.1) is 0 Å². The first-order valence-corrected chi connectivity index (χ1v) is 4.96. The Balaban J connectivity index is 2.74. The quantitative estimate of drug-likeness (QED) is 0.762. The Morgan fingerprint density at radius 1 is 1.21 bits per heavy atom. The fourth-order valence-electron chi connectivity index (χ4n) is 1.04. The molecule has 1 rings (SSSR count). The Hall–Kier alpha value is -0.580. The Morgan fingerprint density at radius 2 is 2.00 bits per heavy atom. The van der Waals surface area contributed by atoms with E-state index in [2.05, 4.69) is 15.9 Å². The third-order valence-electron chi connectivity index (χ3n) is 1.64. The average Bonchev–Trinajstić information content (AvgIpc) is 2.19. The highest BCUT2D eigenvalue weighted by atomic mass is 79.9. The largest absolute Gasteiger partial charge is 0.466 e. The molecule has 0 bridgehead atoms. The van der Waals surface area contributed by atoms with E-state index < -0.39 is 0 Å². The normalized spacial score (nSPS) is 10.2. The molecule has 14 heavy (non-hydrogen) atoms. The van der Waals surface area contributed by atoms with Gasteiger partial charge in [0, 0.05) is 14.2 Å². The van der Waals surface area contributed by atoms with Gasteiger partial charge in [-0.2, -0.15) is 0 Å². The summed E-state index contributed by atoms with van der Waals surface area (Å²) >= 11 is 3.39. The van der Waals surface area contributed by atoms with E-state index in [0.717, 1.165) is 15.8 Å². The van der Waals surface area contributed by atoms with Crippen molar-refractivity contribution in [2.24, 2.45) is 0 Å². The minimum Gasteiger partial charge on any atom is -0.466 e. The van der Waals surface area contributed by atoms with Gasteiger partial charge in [0.25, 0.3) is 0 Å². The predicted octanol–water partition coefficient (Wildman–Crippen LogP) is 2.58. The van der Waals surface area contributed by atoms with Gasteiger partial charge in [-0.25, -0.2) is 0 Å². The van der Waals surface area contributed by atoms with Crippen molar-refractivity contribution in [1.29, 1.82) is 0 Å². The first-order valence-electron chi connectivity index (χ1n) is 4.17. The number of ether oxygens (including phenoxy) is 3. The highest BCUT2D eigenvalue weighted by Gasteiger charge is 2.02. The second-order valence-electron chi connectivity index (χ2n) is 2.75. The zero-order chi connectivity index (χ0) is 10.4. The molecular weight excluding hydrogens is 248 g/mol. The molecule has 0 amide bonds. The van der Waals surface area contributed by atoms with Crippen molar-refractivity contribution in [1.82, 2.24) is 0 Å². The predicted molar refractivity (Wildman–Crippen MR) is 57.4 cm³/mol. The lowest BCUT2D eigenvalue weighted by atomic mass is 10.2. The van der Waals surface area contributed by atoms with E-state index in [1.807, 2.05) is 18.2 Å². The van der Waals surface area contributed by atoms with E-state index in [9.17, 15) is 0 Å². The van der Waals surface area contributed by atoms with Gasteiger partial charge in [0.1, 0.15) is 5.75 Å². The zero-order valence-electron chi connectivity index (χ0n) is 8.25. The second-order valence-corrected chi connectivity index (χ2v) is 3.60. The molecule has 0 unspecified atom stereocenters. The van der Waals surface area contributed by atoms with Crippen molar-refractivity contribution in [2.75, 3.05) is 21.0 Å². The van der Waals surface area contributed by atoms with Gasteiger partial charge in [-0.1, -0.05) is 6.07 Å². The Kier molecular flexibility index (Phi) is 4.93. The summed E-state index contributed by atoms with van der Waals surface area (Å²) in [4.78, 5) is 0. The van der Waals surface area contributed by atoms with Crippen molar-refractivity contribution < 1.29 is 14.2 Å². The summed E-state index contributed by atoms with van der Waals surface area (Å²) in [5, 5.41) is 0. The Bertz CT molecular complexity index is 289. The molecule has 0 fully saturated rings. The van der Waals surface area contributed by atoms with Gasteiger partial charge in [-0.15, -0.1) is 0 Å². The van der Waals surface area contributed by atoms with E-state index in [1.165, 1.54) is 0 Å². The van der Waals surface area contributed by atoms with Gasteiger partial charge >= 0.3 is 0 Å². The van der Waals surface area contributed by atoms with Crippen LogP contribution in [0.25, 0.3) is 0 Å². The number of halogens is 1. The highest BCUT2D eigenvalue weighted by molar-refractivity contribution is 9.10. The molecule has 0 aliphatic carbocycles. The molecule has 0 aromatic heterocycles. The number of hydrogen-bond acceptors (Lipinski definition) is 3. The molecule has 1 aromatic rings. The maximum absolute atomic E-state index is 5.35. The molecule has 0 atom stereocenters. The number of methoxy groups -OCH3 is 2. The number of rotatable bonds is 5. The lowest BCUT2D eigenvalue weighted by Gasteiger charge is -2.08. The SMILES string of the molecule is COCOc1cc(COC)ccc1Br. The van der Waals surface area contributed by atoms with Crippen LogP contribution in [0.4, 0.5) is 0 Å². The molecule has 0 radical (unpaired) electrons. The maximum Gasteiger partial charge on any atom is 0.188 e. The fourth-order valence-corrected chi connectivity index (χ4v) is 1.40. The van der Waals surface area contributed by atoms with Gasteiger partial charge in [-0.05, 0) is 33.6 Å². The topological polar surface area (TPSA) is 27.7 Å². The molecule has 0 spiro atoms. The maximum atomic E-state index is 5.35. The van der Waals surface area contributed by atoms with Gasteiger partial charge in [0.2, 0.25) is 0 Å². The van der Waals surface area contributed by atoms with E-state index in [1.54, 1.807) is 14.2 Å². The summed E-state index contributed by atoms with van der Waals surface area (Å²) in [6.07, 6.45) is 0. The van der Waals surface area contributed by atoms with Crippen molar-refractivity contribution in [3.05, 3.63) is 28.2 Å².